The van der Waals surface area contributed by atoms with E-state index in [0.717, 1.165) is 12.5 Å². The molecule has 66 valence electrons. The molecule has 0 N–H and O–H groups in total. The lowest BCUT2D eigenvalue weighted by atomic mass is 9.81. The van der Waals surface area contributed by atoms with Gasteiger partial charge in [-0.25, -0.2) is 0 Å². The number of rotatable bonds is 5. The number of hydrogen-bond donors (Lipinski definition) is 0. The van der Waals surface area contributed by atoms with E-state index in [2.05, 4.69) is 13.8 Å². The summed E-state index contributed by atoms with van der Waals surface area (Å²) in [5, 5.41) is 0. The molecule has 0 aromatic rings. The third-order valence-electron chi connectivity index (χ3n) is 2.86. The fourth-order valence-corrected chi connectivity index (χ4v) is 2.08. The van der Waals surface area contributed by atoms with Gasteiger partial charge in [0.05, 0.1) is 6.61 Å². The molecule has 1 fully saturated rings. The molecular formula is C10H20O. The summed E-state index contributed by atoms with van der Waals surface area (Å²) in [5.74, 6) is 0.961. The van der Waals surface area contributed by atoms with Gasteiger partial charge in [-0.05, 0) is 30.6 Å². The average Bonchev–Trinajstić information content (AvgIpc) is 2.68. The van der Waals surface area contributed by atoms with Gasteiger partial charge >= 0.3 is 0 Å². The normalized spacial score (nSPS) is 23.2. The highest BCUT2D eigenvalue weighted by molar-refractivity contribution is 4.90. The summed E-state index contributed by atoms with van der Waals surface area (Å²) in [6, 6.07) is 0. The van der Waals surface area contributed by atoms with Crippen LogP contribution in [0.2, 0.25) is 0 Å². The van der Waals surface area contributed by atoms with Gasteiger partial charge in [0.2, 0.25) is 0 Å². The molecule has 0 spiro atoms. The van der Waals surface area contributed by atoms with Crippen LogP contribution in [0.15, 0.2) is 0 Å². The Bertz CT molecular complexity index is 110. The second-order valence-corrected chi connectivity index (χ2v) is 4.11. The van der Waals surface area contributed by atoms with Gasteiger partial charge in [-0.2, -0.15) is 0 Å². The third-order valence-corrected chi connectivity index (χ3v) is 2.86. The quantitative estimate of drug-likeness (QED) is 0.594. The zero-order valence-electron chi connectivity index (χ0n) is 8.02. The van der Waals surface area contributed by atoms with E-state index in [-0.39, 0.29) is 0 Å². The van der Waals surface area contributed by atoms with Gasteiger partial charge in [0, 0.05) is 7.11 Å². The van der Waals surface area contributed by atoms with E-state index in [1.54, 1.807) is 0 Å². The largest absolute Gasteiger partial charge is 0.384 e. The Kier molecular flexibility index (Phi) is 2.94. The predicted octanol–water partition coefficient (Wildman–Crippen LogP) is 2.85. The van der Waals surface area contributed by atoms with Gasteiger partial charge in [-0.1, -0.05) is 20.3 Å². The molecule has 1 heteroatoms. The molecule has 0 aromatic carbocycles. The molecule has 11 heavy (non-hydrogen) atoms. The van der Waals surface area contributed by atoms with Gasteiger partial charge in [0.1, 0.15) is 0 Å². The minimum Gasteiger partial charge on any atom is -0.384 e. The van der Waals surface area contributed by atoms with E-state index in [9.17, 15) is 0 Å². The van der Waals surface area contributed by atoms with Crippen molar-refractivity contribution >= 4 is 0 Å². The minimum atomic E-state index is 0.490. The first kappa shape index (κ1) is 9.05. The smallest absolute Gasteiger partial charge is 0.0518 e. The molecule has 0 bridgehead atoms. The first-order valence-corrected chi connectivity index (χ1v) is 4.72. The van der Waals surface area contributed by atoms with Gasteiger partial charge in [0.15, 0.2) is 0 Å². The molecule has 0 heterocycles. The van der Waals surface area contributed by atoms with Crippen LogP contribution >= 0.6 is 0 Å². The molecule has 1 aliphatic carbocycles. The summed E-state index contributed by atoms with van der Waals surface area (Å²) >= 11 is 0. The average molecular weight is 156 g/mol. The van der Waals surface area contributed by atoms with Crippen LogP contribution in [0.5, 0.6) is 0 Å². The maximum absolute atomic E-state index is 5.26. The van der Waals surface area contributed by atoms with E-state index in [0.29, 0.717) is 5.41 Å². The van der Waals surface area contributed by atoms with Gasteiger partial charge in [0.25, 0.3) is 0 Å². The molecule has 1 unspecified atom stereocenters. The molecule has 1 saturated carbocycles. The topological polar surface area (TPSA) is 9.23 Å². The van der Waals surface area contributed by atoms with Crippen LogP contribution in [0, 0.1) is 11.3 Å². The molecule has 1 rings (SSSR count). The fraction of sp³-hybridized carbons (Fsp3) is 1.00. The van der Waals surface area contributed by atoms with Crippen LogP contribution in [0.1, 0.15) is 39.5 Å². The summed E-state index contributed by atoms with van der Waals surface area (Å²) in [7, 11) is 1.82. The summed E-state index contributed by atoms with van der Waals surface area (Å²) in [5.41, 5.74) is 0.490. The van der Waals surface area contributed by atoms with E-state index >= 15 is 0 Å². The fourth-order valence-electron chi connectivity index (χ4n) is 2.08. The molecule has 0 saturated heterocycles. The van der Waals surface area contributed by atoms with Crippen LogP contribution in [0.4, 0.5) is 0 Å². The first-order chi connectivity index (χ1) is 5.23. The molecule has 0 radical (unpaired) electrons. The van der Waals surface area contributed by atoms with Crippen molar-refractivity contribution in [2.24, 2.45) is 11.3 Å². The molecule has 1 aliphatic rings. The highest BCUT2D eigenvalue weighted by Crippen LogP contribution is 2.48. The summed E-state index contributed by atoms with van der Waals surface area (Å²) in [6.07, 6.45) is 5.47. The van der Waals surface area contributed by atoms with E-state index in [4.69, 9.17) is 4.74 Å². The van der Waals surface area contributed by atoms with Crippen LogP contribution in [0.25, 0.3) is 0 Å². The Morgan fingerprint density at radius 2 is 2.09 bits per heavy atom. The molecular weight excluding hydrogens is 136 g/mol. The second kappa shape index (κ2) is 3.57. The van der Waals surface area contributed by atoms with E-state index < -0.39 is 0 Å². The van der Waals surface area contributed by atoms with Gasteiger partial charge in [-0.15, -0.1) is 0 Å². The standard InChI is InChI=1S/C10H20O/c1-4-7-10(2,8-11-3)9-5-6-9/h9H,4-8H2,1-3H3. The van der Waals surface area contributed by atoms with Crippen LogP contribution in [-0.2, 0) is 4.74 Å². The second-order valence-electron chi connectivity index (χ2n) is 4.11. The Morgan fingerprint density at radius 1 is 1.45 bits per heavy atom. The van der Waals surface area contributed by atoms with Crippen LogP contribution in [0.3, 0.4) is 0 Å². The SMILES string of the molecule is CCCC(C)(COC)C1CC1. The van der Waals surface area contributed by atoms with Crippen molar-refractivity contribution in [1.82, 2.24) is 0 Å². The van der Waals surface area contributed by atoms with Crippen molar-refractivity contribution in [3.05, 3.63) is 0 Å². The number of ether oxygens (including phenoxy) is 1. The maximum Gasteiger partial charge on any atom is 0.0518 e. The predicted molar refractivity (Wildman–Crippen MR) is 47.6 cm³/mol. The zero-order chi connectivity index (χ0) is 8.32. The van der Waals surface area contributed by atoms with Crippen molar-refractivity contribution in [3.8, 4) is 0 Å². The first-order valence-electron chi connectivity index (χ1n) is 4.72. The van der Waals surface area contributed by atoms with Crippen LogP contribution < -0.4 is 0 Å². The monoisotopic (exact) mass is 156 g/mol. The number of methoxy groups -OCH3 is 1. The summed E-state index contributed by atoms with van der Waals surface area (Å²) < 4.78 is 5.26. The Labute approximate surface area is 70.1 Å². The highest BCUT2D eigenvalue weighted by Gasteiger charge is 2.40. The Balaban J connectivity index is 2.39. The Morgan fingerprint density at radius 3 is 2.45 bits per heavy atom. The van der Waals surface area contributed by atoms with E-state index in [1.807, 2.05) is 7.11 Å². The van der Waals surface area contributed by atoms with Crippen LogP contribution in [-0.4, -0.2) is 13.7 Å². The van der Waals surface area contributed by atoms with Gasteiger partial charge < -0.3 is 4.74 Å². The van der Waals surface area contributed by atoms with Crippen molar-refractivity contribution in [2.75, 3.05) is 13.7 Å². The van der Waals surface area contributed by atoms with Crippen molar-refractivity contribution in [1.29, 1.82) is 0 Å². The molecule has 0 aromatic heterocycles. The molecule has 1 atom stereocenters. The number of hydrogen-bond acceptors (Lipinski definition) is 1. The maximum atomic E-state index is 5.26. The molecule has 1 nitrogen and oxygen atoms in total. The van der Waals surface area contributed by atoms with Crippen molar-refractivity contribution in [3.63, 3.8) is 0 Å². The van der Waals surface area contributed by atoms with Gasteiger partial charge in [-0.3, -0.25) is 0 Å². The lowest BCUT2D eigenvalue weighted by Crippen LogP contribution is -2.24. The molecule has 0 amide bonds. The molecule has 0 aliphatic heterocycles. The Hall–Kier alpha value is -0.0400. The lowest BCUT2D eigenvalue weighted by molar-refractivity contribution is 0.0681. The highest BCUT2D eigenvalue weighted by atomic mass is 16.5. The minimum absolute atomic E-state index is 0.490. The van der Waals surface area contributed by atoms with E-state index in [1.165, 1.54) is 25.7 Å². The third kappa shape index (κ3) is 2.19. The van der Waals surface area contributed by atoms with Crippen molar-refractivity contribution < 1.29 is 4.74 Å². The van der Waals surface area contributed by atoms with Crippen molar-refractivity contribution in [2.45, 2.75) is 39.5 Å². The zero-order valence-corrected chi connectivity index (χ0v) is 8.02. The summed E-state index contributed by atoms with van der Waals surface area (Å²) in [6.45, 7) is 5.58. The summed E-state index contributed by atoms with van der Waals surface area (Å²) in [4.78, 5) is 0. The lowest BCUT2D eigenvalue weighted by Gasteiger charge is -2.28.